The maximum atomic E-state index is 4.97. The van der Waals surface area contributed by atoms with E-state index < -0.39 is 0 Å². The van der Waals surface area contributed by atoms with Gasteiger partial charge >= 0.3 is 0 Å². The summed E-state index contributed by atoms with van der Waals surface area (Å²) in [5.41, 5.74) is 6.39. The molecule has 0 spiro atoms. The first-order valence-electron chi connectivity index (χ1n) is 9.32. The molecule has 28 heavy (non-hydrogen) atoms. The van der Waals surface area contributed by atoms with Crippen LogP contribution in [-0.2, 0) is 0 Å². The van der Waals surface area contributed by atoms with Crippen molar-refractivity contribution < 1.29 is 0 Å². The van der Waals surface area contributed by atoms with Gasteiger partial charge in [-0.05, 0) is 60.7 Å². The van der Waals surface area contributed by atoms with Gasteiger partial charge in [0.1, 0.15) is 5.82 Å². The highest BCUT2D eigenvalue weighted by Gasteiger charge is 2.16. The lowest BCUT2D eigenvalue weighted by Gasteiger charge is -2.14. The number of rotatable bonds is 3. The van der Waals surface area contributed by atoms with Crippen molar-refractivity contribution in [2.24, 2.45) is 0 Å². The summed E-state index contributed by atoms with van der Waals surface area (Å²) in [6.07, 6.45) is 1.83. The number of para-hydroxylation sites is 2. The summed E-state index contributed by atoms with van der Waals surface area (Å²) in [6.45, 7) is 0. The molecule has 0 saturated heterocycles. The molecule has 0 aliphatic carbocycles. The van der Waals surface area contributed by atoms with Crippen LogP contribution in [0.4, 0.5) is 5.69 Å². The maximum absolute atomic E-state index is 4.97. The molecule has 136 valence electrons. The molecule has 2 heterocycles. The molecule has 0 N–H and O–H groups in total. The summed E-state index contributed by atoms with van der Waals surface area (Å²) < 4.78 is 2.24. The van der Waals surface area contributed by atoms with Gasteiger partial charge in [0.05, 0.1) is 22.2 Å². The minimum atomic E-state index is 0.933. The Morgan fingerprint density at radius 2 is 1.54 bits per heavy atom. The number of benzene rings is 3. The van der Waals surface area contributed by atoms with Crippen LogP contribution in [0.3, 0.4) is 0 Å². The third-order valence-corrected chi connectivity index (χ3v) is 5.07. The highest BCUT2D eigenvalue weighted by Crippen LogP contribution is 2.32. The van der Waals surface area contributed by atoms with Crippen molar-refractivity contribution in [2.45, 2.75) is 0 Å². The van der Waals surface area contributed by atoms with E-state index in [1.54, 1.807) is 0 Å². The van der Waals surface area contributed by atoms with E-state index in [4.69, 9.17) is 4.98 Å². The lowest BCUT2D eigenvalue weighted by molar-refractivity contribution is 1.11. The van der Waals surface area contributed by atoms with Crippen LogP contribution in [-0.4, -0.2) is 28.6 Å². The Hall–Kier alpha value is -3.66. The Kier molecular flexibility index (Phi) is 3.83. The van der Waals surface area contributed by atoms with Crippen LogP contribution in [0.5, 0.6) is 0 Å². The van der Waals surface area contributed by atoms with Crippen molar-refractivity contribution in [3.63, 3.8) is 0 Å². The molecule has 3 aromatic carbocycles. The molecule has 4 nitrogen and oxygen atoms in total. The normalized spacial score (nSPS) is 11.2. The van der Waals surface area contributed by atoms with E-state index >= 15 is 0 Å². The van der Waals surface area contributed by atoms with Crippen LogP contribution in [0.25, 0.3) is 39.0 Å². The lowest BCUT2D eigenvalue weighted by atomic mass is 10.1. The molecule has 0 aliphatic heterocycles. The van der Waals surface area contributed by atoms with E-state index in [0.29, 0.717) is 0 Å². The number of nitrogens with zero attached hydrogens (tertiary/aromatic N) is 4. The van der Waals surface area contributed by atoms with Gasteiger partial charge in [-0.1, -0.05) is 18.2 Å². The van der Waals surface area contributed by atoms with Crippen molar-refractivity contribution in [1.82, 2.24) is 14.5 Å². The van der Waals surface area contributed by atoms with E-state index in [1.165, 1.54) is 5.69 Å². The molecule has 5 aromatic rings. The fourth-order valence-electron chi connectivity index (χ4n) is 3.65. The average Bonchev–Trinajstić information content (AvgIpc) is 3.13. The van der Waals surface area contributed by atoms with Crippen LogP contribution >= 0.6 is 0 Å². The largest absolute Gasteiger partial charge is 0.378 e. The van der Waals surface area contributed by atoms with Gasteiger partial charge in [0, 0.05) is 36.9 Å². The van der Waals surface area contributed by atoms with Crippen molar-refractivity contribution in [3.8, 4) is 17.1 Å². The number of hydrogen-bond acceptors (Lipinski definition) is 3. The van der Waals surface area contributed by atoms with Gasteiger partial charge < -0.3 is 4.90 Å². The van der Waals surface area contributed by atoms with Gasteiger partial charge in [0.25, 0.3) is 0 Å². The monoisotopic (exact) mass is 364 g/mol. The molecule has 0 amide bonds. The SMILES string of the molecule is CN(C)c1ccc(-c2nc3ccccc3n2-c2cccc3ncccc23)cc1. The quantitative estimate of drug-likeness (QED) is 0.435. The van der Waals surface area contributed by atoms with Crippen molar-refractivity contribution in [1.29, 1.82) is 0 Å². The van der Waals surface area contributed by atoms with E-state index in [-0.39, 0.29) is 0 Å². The van der Waals surface area contributed by atoms with Crippen LogP contribution in [0, 0.1) is 0 Å². The van der Waals surface area contributed by atoms with Gasteiger partial charge in [0.15, 0.2) is 0 Å². The predicted octanol–water partition coefficient (Wildman–Crippen LogP) is 5.31. The number of fused-ring (bicyclic) bond motifs is 2. The Balaban J connectivity index is 1.82. The third-order valence-electron chi connectivity index (χ3n) is 5.07. The van der Waals surface area contributed by atoms with Crippen molar-refractivity contribution >= 4 is 27.6 Å². The summed E-state index contributed by atoms with van der Waals surface area (Å²) in [5.74, 6) is 0.933. The van der Waals surface area contributed by atoms with E-state index in [9.17, 15) is 0 Å². The zero-order valence-electron chi connectivity index (χ0n) is 15.9. The summed E-state index contributed by atoms with van der Waals surface area (Å²) in [6, 6.07) is 27.1. The molecule has 0 saturated carbocycles. The first-order chi connectivity index (χ1) is 13.7. The van der Waals surface area contributed by atoms with E-state index in [1.807, 2.05) is 38.5 Å². The van der Waals surface area contributed by atoms with Crippen LogP contribution in [0.2, 0.25) is 0 Å². The van der Waals surface area contributed by atoms with Crippen molar-refractivity contribution in [3.05, 3.63) is 85.1 Å². The zero-order valence-corrected chi connectivity index (χ0v) is 15.9. The van der Waals surface area contributed by atoms with E-state index in [2.05, 4.69) is 75.1 Å². The smallest absolute Gasteiger partial charge is 0.145 e. The molecule has 0 radical (unpaired) electrons. The average molecular weight is 364 g/mol. The zero-order chi connectivity index (χ0) is 19.1. The molecule has 0 atom stereocenters. The fraction of sp³-hybridized carbons (Fsp3) is 0.0833. The molecular formula is C24H20N4. The van der Waals surface area contributed by atoms with Gasteiger partial charge in [-0.15, -0.1) is 0 Å². The standard InChI is InChI=1S/C24H20N4/c1-27(2)18-14-12-17(13-15-18)24-26-21-8-3-4-10-23(21)28(24)22-11-5-9-20-19(22)7-6-16-25-20/h3-16H,1-2H3. The second-order valence-corrected chi connectivity index (χ2v) is 7.05. The van der Waals surface area contributed by atoms with Gasteiger partial charge in [0.2, 0.25) is 0 Å². The summed E-state index contributed by atoms with van der Waals surface area (Å²) in [7, 11) is 4.10. The number of imidazole rings is 1. The maximum Gasteiger partial charge on any atom is 0.145 e. The summed E-state index contributed by atoms with van der Waals surface area (Å²) in [4.78, 5) is 11.6. The molecule has 0 aliphatic rings. The van der Waals surface area contributed by atoms with Crippen molar-refractivity contribution in [2.75, 3.05) is 19.0 Å². The first-order valence-corrected chi connectivity index (χ1v) is 9.32. The number of hydrogen-bond donors (Lipinski definition) is 0. The van der Waals surface area contributed by atoms with Gasteiger partial charge in [-0.2, -0.15) is 0 Å². The molecule has 2 aromatic heterocycles. The predicted molar refractivity (Wildman–Crippen MR) is 116 cm³/mol. The third kappa shape index (κ3) is 2.62. The Morgan fingerprint density at radius 1 is 0.750 bits per heavy atom. The molecule has 0 fully saturated rings. The lowest BCUT2D eigenvalue weighted by Crippen LogP contribution is -2.08. The van der Waals surface area contributed by atoms with Crippen LogP contribution < -0.4 is 4.90 Å². The highest BCUT2D eigenvalue weighted by molar-refractivity contribution is 5.92. The Morgan fingerprint density at radius 3 is 2.36 bits per heavy atom. The summed E-state index contributed by atoms with van der Waals surface area (Å²) in [5, 5.41) is 1.11. The summed E-state index contributed by atoms with van der Waals surface area (Å²) >= 11 is 0. The molecule has 4 heteroatoms. The number of aromatic nitrogens is 3. The molecular weight excluding hydrogens is 344 g/mol. The fourth-order valence-corrected chi connectivity index (χ4v) is 3.65. The second kappa shape index (κ2) is 6.50. The topological polar surface area (TPSA) is 34.0 Å². The molecule has 0 bridgehead atoms. The minimum absolute atomic E-state index is 0.933. The van der Waals surface area contributed by atoms with Gasteiger partial charge in [-0.25, -0.2) is 4.98 Å². The first kappa shape index (κ1) is 16.5. The van der Waals surface area contributed by atoms with E-state index in [0.717, 1.165) is 39.0 Å². The number of pyridine rings is 1. The Bertz CT molecular complexity index is 1280. The minimum Gasteiger partial charge on any atom is -0.378 e. The van der Waals surface area contributed by atoms with Crippen LogP contribution in [0.1, 0.15) is 0 Å². The molecule has 5 rings (SSSR count). The number of anilines is 1. The Labute approximate surface area is 163 Å². The van der Waals surface area contributed by atoms with Crippen LogP contribution in [0.15, 0.2) is 85.1 Å². The molecule has 0 unspecified atom stereocenters. The van der Waals surface area contributed by atoms with Gasteiger partial charge in [-0.3, -0.25) is 9.55 Å². The highest BCUT2D eigenvalue weighted by atomic mass is 15.1. The second-order valence-electron chi connectivity index (χ2n) is 7.05.